The van der Waals surface area contributed by atoms with Gasteiger partial charge in [0.2, 0.25) is 0 Å². The van der Waals surface area contributed by atoms with E-state index in [1.54, 1.807) is 6.92 Å². The van der Waals surface area contributed by atoms with E-state index in [2.05, 4.69) is 5.32 Å². The zero-order valence-corrected chi connectivity index (χ0v) is 10.1. The van der Waals surface area contributed by atoms with Crippen LogP contribution in [-0.4, -0.2) is 25.7 Å². The SMILES string of the molecule is CCOC(=O)[C@@H]1CNC[C@H]1c1cc(F)cc(F)c1. The lowest BCUT2D eigenvalue weighted by molar-refractivity contribution is -0.147. The fraction of sp³-hybridized carbons (Fsp3) is 0.462. The van der Waals surface area contributed by atoms with E-state index in [-0.39, 0.29) is 17.8 Å². The van der Waals surface area contributed by atoms with E-state index in [1.807, 2.05) is 0 Å². The first-order chi connectivity index (χ1) is 8.61. The van der Waals surface area contributed by atoms with Crippen molar-refractivity contribution in [2.75, 3.05) is 19.7 Å². The molecule has 0 saturated carbocycles. The van der Waals surface area contributed by atoms with Crippen LogP contribution >= 0.6 is 0 Å². The van der Waals surface area contributed by atoms with E-state index >= 15 is 0 Å². The van der Waals surface area contributed by atoms with Gasteiger partial charge in [0.15, 0.2) is 0 Å². The van der Waals surface area contributed by atoms with Crippen molar-refractivity contribution in [3.05, 3.63) is 35.4 Å². The molecule has 0 amide bonds. The summed E-state index contributed by atoms with van der Waals surface area (Å²) in [5, 5.41) is 3.05. The molecule has 1 aliphatic rings. The Morgan fingerprint density at radius 2 is 2.00 bits per heavy atom. The maximum Gasteiger partial charge on any atom is 0.310 e. The quantitative estimate of drug-likeness (QED) is 0.837. The fourth-order valence-electron chi connectivity index (χ4n) is 2.32. The van der Waals surface area contributed by atoms with Gasteiger partial charge >= 0.3 is 5.97 Å². The Kier molecular flexibility index (Phi) is 3.91. The monoisotopic (exact) mass is 255 g/mol. The van der Waals surface area contributed by atoms with E-state index in [0.717, 1.165) is 6.07 Å². The first kappa shape index (κ1) is 13.0. The number of benzene rings is 1. The molecule has 1 aromatic carbocycles. The highest BCUT2D eigenvalue weighted by Crippen LogP contribution is 2.30. The third-order valence-electron chi connectivity index (χ3n) is 3.12. The summed E-state index contributed by atoms with van der Waals surface area (Å²) < 4.78 is 31.3. The Morgan fingerprint density at radius 1 is 1.33 bits per heavy atom. The molecule has 5 heteroatoms. The summed E-state index contributed by atoms with van der Waals surface area (Å²) in [6, 6.07) is 3.37. The molecule has 18 heavy (non-hydrogen) atoms. The van der Waals surface area contributed by atoms with Crippen LogP contribution in [0.3, 0.4) is 0 Å². The zero-order chi connectivity index (χ0) is 13.1. The molecular formula is C13H15F2NO2. The van der Waals surface area contributed by atoms with Crippen LogP contribution < -0.4 is 5.32 Å². The van der Waals surface area contributed by atoms with Crippen molar-refractivity contribution in [2.24, 2.45) is 5.92 Å². The number of nitrogens with one attached hydrogen (secondary N) is 1. The lowest BCUT2D eigenvalue weighted by atomic mass is 9.89. The van der Waals surface area contributed by atoms with Crippen molar-refractivity contribution in [2.45, 2.75) is 12.8 Å². The Bertz CT molecular complexity index is 430. The summed E-state index contributed by atoms with van der Waals surface area (Å²) in [6.07, 6.45) is 0. The van der Waals surface area contributed by atoms with Gasteiger partial charge in [-0.25, -0.2) is 8.78 Å². The molecule has 1 saturated heterocycles. The number of hydrogen-bond donors (Lipinski definition) is 1. The number of ether oxygens (including phenoxy) is 1. The van der Waals surface area contributed by atoms with Gasteiger partial charge in [0.25, 0.3) is 0 Å². The van der Waals surface area contributed by atoms with E-state index in [1.165, 1.54) is 12.1 Å². The molecular weight excluding hydrogens is 240 g/mol. The zero-order valence-electron chi connectivity index (χ0n) is 10.1. The highest BCUT2D eigenvalue weighted by Gasteiger charge is 2.35. The minimum absolute atomic E-state index is 0.241. The van der Waals surface area contributed by atoms with Crippen LogP contribution in [0.25, 0.3) is 0 Å². The second-order valence-corrected chi connectivity index (χ2v) is 4.33. The number of esters is 1. The molecule has 3 nitrogen and oxygen atoms in total. The Labute approximate surface area is 104 Å². The normalized spacial score (nSPS) is 23.1. The maximum atomic E-state index is 13.2. The maximum absolute atomic E-state index is 13.2. The minimum atomic E-state index is -0.625. The van der Waals surface area contributed by atoms with Gasteiger partial charge in [-0.05, 0) is 24.6 Å². The lowest BCUT2D eigenvalue weighted by Crippen LogP contribution is -2.24. The van der Waals surface area contributed by atoms with Gasteiger partial charge < -0.3 is 10.1 Å². The molecule has 0 aromatic heterocycles. The smallest absolute Gasteiger partial charge is 0.310 e. The standard InChI is InChI=1S/C13H15F2NO2/c1-2-18-13(17)12-7-16-6-11(12)8-3-9(14)5-10(15)4-8/h3-5,11-12,16H,2,6-7H2,1H3/t11-,12+/m0/s1. The molecule has 98 valence electrons. The molecule has 1 fully saturated rings. The van der Waals surface area contributed by atoms with Crippen LogP contribution in [0.1, 0.15) is 18.4 Å². The number of carbonyl (C=O) groups excluding carboxylic acids is 1. The van der Waals surface area contributed by atoms with Gasteiger partial charge in [0.1, 0.15) is 11.6 Å². The van der Waals surface area contributed by atoms with E-state index in [9.17, 15) is 13.6 Å². The van der Waals surface area contributed by atoms with Crippen molar-refractivity contribution < 1.29 is 18.3 Å². The summed E-state index contributed by atoms with van der Waals surface area (Å²) in [6.45, 7) is 3.03. The molecule has 0 unspecified atom stereocenters. The third kappa shape index (κ3) is 2.67. The van der Waals surface area contributed by atoms with Gasteiger partial charge in [-0.3, -0.25) is 4.79 Å². The van der Waals surface area contributed by atoms with Crippen molar-refractivity contribution in [1.29, 1.82) is 0 Å². The van der Waals surface area contributed by atoms with Gasteiger partial charge in [-0.1, -0.05) is 0 Å². The van der Waals surface area contributed by atoms with Gasteiger partial charge in [-0.15, -0.1) is 0 Å². The average molecular weight is 255 g/mol. The summed E-state index contributed by atoms with van der Waals surface area (Å²) in [7, 11) is 0. The van der Waals surface area contributed by atoms with Crippen LogP contribution in [-0.2, 0) is 9.53 Å². The minimum Gasteiger partial charge on any atom is -0.466 e. The van der Waals surface area contributed by atoms with Crippen LogP contribution in [0.2, 0.25) is 0 Å². The van der Waals surface area contributed by atoms with Crippen molar-refractivity contribution in [3.63, 3.8) is 0 Å². The van der Waals surface area contributed by atoms with Crippen LogP contribution in [0.15, 0.2) is 18.2 Å². The van der Waals surface area contributed by atoms with Gasteiger partial charge in [0.05, 0.1) is 12.5 Å². The number of hydrogen-bond acceptors (Lipinski definition) is 3. The van der Waals surface area contributed by atoms with E-state index < -0.39 is 11.6 Å². The summed E-state index contributed by atoms with van der Waals surface area (Å²) in [4.78, 5) is 11.7. The molecule has 1 aromatic rings. The van der Waals surface area contributed by atoms with Crippen molar-refractivity contribution >= 4 is 5.97 Å². The number of carbonyl (C=O) groups is 1. The summed E-state index contributed by atoms with van der Waals surface area (Å²) >= 11 is 0. The number of rotatable bonds is 3. The summed E-state index contributed by atoms with van der Waals surface area (Å²) in [5.41, 5.74) is 0.496. The molecule has 0 bridgehead atoms. The molecule has 0 aliphatic carbocycles. The predicted molar refractivity (Wildman–Crippen MR) is 62.1 cm³/mol. The third-order valence-corrected chi connectivity index (χ3v) is 3.12. The first-order valence-electron chi connectivity index (χ1n) is 5.95. The largest absolute Gasteiger partial charge is 0.466 e. The second-order valence-electron chi connectivity index (χ2n) is 4.33. The van der Waals surface area contributed by atoms with E-state index in [4.69, 9.17) is 4.74 Å². The summed E-state index contributed by atoms with van der Waals surface area (Å²) in [5.74, 6) is -2.20. The van der Waals surface area contributed by atoms with Gasteiger partial charge in [-0.2, -0.15) is 0 Å². The molecule has 2 rings (SSSR count). The van der Waals surface area contributed by atoms with E-state index in [0.29, 0.717) is 25.3 Å². The van der Waals surface area contributed by atoms with Crippen LogP contribution in [0.4, 0.5) is 8.78 Å². The average Bonchev–Trinajstić information content (AvgIpc) is 2.76. The Balaban J connectivity index is 2.23. The molecule has 0 radical (unpaired) electrons. The molecule has 2 atom stereocenters. The highest BCUT2D eigenvalue weighted by molar-refractivity contribution is 5.74. The topological polar surface area (TPSA) is 38.3 Å². The van der Waals surface area contributed by atoms with Crippen molar-refractivity contribution in [3.8, 4) is 0 Å². The van der Waals surface area contributed by atoms with Gasteiger partial charge in [0, 0.05) is 25.1 Å². The van der Waals surface area contributed by atoms with Crippen molar-refractivity contribution in [1.82, 2.24) is 5.32 Å². The fourth-order valence-corrected chi connectivity index (χ4v) is 2.32. The first-order valence-corrected chi connectivity index (χ1v) is 5.95. The molecule has 1 heterocycles. The lowest BCUT2D eigenvalue weighted by Gasteiger charge is -2.17. The molecule has 0 spiro atoms. The second kappa shape index (κ2) is 5.44. The highest BCUT2D eigenvalue weighted by atomic mass is 19.1. The molecule has 1 aliphatic heterocycles. The van der Waals surface area contributed by atoms with Crippen LogP contribution in [0, 0.1) is 17.6 Å². The number of halogens is 2. The Morgan fingerprint density at radius 3 is 2.61 bits per heavy atom. The predicted octanol–water partition coefficient (Wildman–Crippen LogP) is 1.83. The Hall–Kier alpha value is -1.49. The molecule has 1 N–H and O–H groups in total. The van der Waals surface area contributed by atoms with Crippen LogP contribution in [0.5, 0.6) is 0 Å².